The van der Waals surface area contributed by atoms with Crippen molar-refractivity contribution in [2.45, 2.75) is 62.7 Å². The zero-order chi connectivity index (χ0) is 13.2. The Hall–Kier alpha value is -0.620. The number of carboxylic acids is 1. The molecule has 1 aliphatic heterocycles. The Bertz CT molecular complexity index is 400. The average molecular weight is 275 g/mol. The molecule has 18 heavy (non-hydrogen) atoms. The molecular formula is C12H21NO4S. The number of rotatable bonds is 4. The summed E-state index contributed by atoms with van der Waals surface area (Å²) in [4.78, 5) is 10.8. The van der Waals surface area contributed by atoms with Crippen LogP contribution in [0.5, 0.6) is 0 Å². The van der Waals surface area contributed by atoms with Crippen LogP contribution >= 0.6 is 0 Å². The van der Waals surface area contributed by atoms with Gasteiger partial charge in [-0.05, 0) is 25.7 Å². The first-order chi connectivity index (χ1) is 8.51. The molecule has 0 spiro atoms. The highest BCUT2D eigenvalue weighted by Gasteiger charge is 2.40. The van der Waals surface area contributed by atoms with E-state index >= 15 is 0 Å². The topological polar surface area (TPSA) is 74.7 Å². The van der Waals surface area contributed by atoms with Crippen LogP contribution in [0.4, 0.5) is 0 Å². The Labute approximate surface area is 108 Å². The van der Waals surface area contributed by atoms with Crippen LogP contribution in [0.25, 0.3) is 0 Å². The van der Waals surface area contributed by atoms with Crippen molar-refractivity contribution >= 4 is 16.0 Å². The quantitative estimate of drug-likeness (QED) is 0.845. The lowest BCUT2D eigenvalue weighted by Crippen LogP contribution is -2.43. The second-order valence-electron chi connectivity index (χ2n) is 5.31. The van der Waals surface area contributed by atoms with Gasteiger partial charge in [0.25, 0.3) is 0 Å². The summed E-state index contributed by atoms with van der Waals surface area (Å²) in [6.45, 7) is 0.497. The van der Waals surface area contributed by atoms with E-state index in [4.69, 9.17) is 5.11 Å². The zero-order valence-electron chi connectivity index (χ0n) is 10.5. The van der Waals surface area contributed by atoms with E-state index in [1.165, 1.54) is 4.31 Å². The number of hydrogen-bond donors (Lipinski definition) is 1. The Morgan fingerprint density at radius 3 is 2.39 bits per heavy atom. The van der Waals surface area contributed by atoms with E-state index < -0.39 is 16.0 Å². The van der Waals surface area contributed by atoms with Crippen molar-refractivity contribution < 1.29 is 18.3 Å². The minimum absolute atomic E-state index is 0.0635. The molecule has 1 N–H and O–H groups in total. The van der Waals surface area contributed by atoms with Gasteiger partial charge in [-0.2, -0.15) is 4.31 Å². The number of aliphatic carboxylic acids is 1. The first kappa shape index (κ1) is 13.8. The van der Waals surface area contributed by atoms with Gasteiger partial charge in [-0.1, -0.05) is 19.3 Å². The Morgan fingerprint density at radius 1 is 1.11 bits per heavy atom. The molecule has 6 heteroatoms. The minimum Gasteiger partial charge on any atom is -0.481 e. The van der Waals surface area contributed by atoms with Crippen LogP contribution in [-0.4, -0.2) is 41.6 Å². The summed E-state index contributed by atoms with van der Waals surface area (Å²) in [5.41, 5.74) is 0. The van der Waals surface area contributed by atoms with Crippen LogP contribution < -0.4 is 0 Å². The molecule has 1 aliphatic carbocycles. The fourth-order valence-electron chi connectivity index (χ4n) is 3.10. The molecular weight excluding hydrogens is 254 g/mol. The van der Waals surface area contributed by atoms with Crippen molar-refractivity contribution in [2.75, 3.05) is 6.54 Å². The van der Waals surface area contributed by atoms with Gasteiger partial charge in [0.2, 0.25) is 10.0 Å². The maximum Gasteiger partial charge on any atom is 0.304 e. The fraction of sp³-hybridized carbons (Fsp3) is 0.917. The first-order valence-electron chi connectivity index (χ1n) is 6.74. The van der Waals surface area contributed by atoms with Gasteiger partial charge < -0.3 is 5.11 Å². The Kier molecular flexibility index (Phi) is 4.27. The lowest BCUT2D eigenvalue weighted by Gasteiger charge is -2.30. The summed E-state index contributed by atoms with van der Waals surface area (Å²) in [5.74, 6) is -0.911. The van der Waals surface area contributed by atoms with E-state index in [0.717, 1.165) is 38.5 Å². The van der Waals surface area contributed by atoms with E-state index in [1.54, 1.807) is 0 Å². The Balaban J connectivity index is 2.10. The van der Waals surface area contributed by atoms with Crippen LogP contribution in [0.15, 0.2) is 0 Å². The monoisotopic (exact) mass is 275 g/mol. The summed E-state index contributed by atoms with van der Waals surface area (Å²) in [6.07, 6.45) is 5.93. The molecule has 0 radical (unpaired) electrons. The van der Waals surface area contributed by atoms with Gasteiger partial charge in [-0.3, -0.25) is 4.79 Å². The molecule has 0 aromatic carbocycles. The van der Waals surface area contributed by atoms with E-state index in [2.05, 4.69) is 0 Å². The lowest BCUT2D eigenvalue weighted by atomic mass is 10.0. The van der Waals surface area contributed by atoms with E-state index in [9.17, 15) is 13.2 Å². The van der Waals surface area contributed by atoms with Crippen LogP contribution in [0.3, 0.4) is 0 Å². The normalized spacial score (nSPS) is 27.4. The van der Waals surface area contributed by atoms with Gasteiger partial charge in [0.15, 0.2) is 0 Å². The minimum atomic E-state index is -3.29. The zero-order valence-corrected chi connectivity index (χ0v) is 11.4. The van der Waals surface area contributed by atoms with Crippen LogP contribution in [0.1, 0.15) is 51.4 Å². The molecule has 0 aromatic heterocycles. The molecule has 0 amide bonds. The van der Waals surface area contributed by atoms with Gasteiger partial charge >= 0.3 is 5.97 Å². The largest absolute Gasteiger partial charge is 0.481 e. The fourth-order valence-corrected chi connectivity index (χ4v) is 5.40. The van der Waals surface area contributed by atoms with Crippen molar-refractivity contribution in [3.05, 3.63) is 0 Å². The SMILES string of the molecule is O=C(O)CC1CCCN1S(=O)(=O)C1CCCCC1. The third-order valence-corrected chi connectivity index (χ3v) is 6.48. The van der Waals surface area contributed by atoms with Crippen molar-refractivity contribution in [1.82, 2.24) is 4.31 Å². The molecule has 2 rings (SSSR count). The highest BCUT2D eigenvalue weighted by molar-refractivity contribution is 7.89. The van der Waals surface area contributed by atoms with E-state index in [-0.39, 0.29) is 17.7 Å². The summed E-state index contributed by atoms with van der Waals surface area (Å²) in [7, 11) is -3.29. The number of nitrogens with zero attached hydrogens (tertiary/aromatic N) is 1. The third-order valence-electron chi connectivity index (χ3n) is 4.03. The first-order valence-corrected chi connectivity index (χ1v) is 8.24. The van der Waals surface area contributed by atoms with Gasteiger partial charge in [0.05, 0.1) is 11.7 Å². The van der Waals surface area contributed by atoms with Crippen molar-refractivity contribution in [3.8, 4) is 0 Å². The second kappa shape index (κ2) is 5.57. The van der Waals surface area contributed by atoms with Gasteiger partial charge in [-0.15, -0.1) is 0 Å². The molecule has 2 aliphatic rings. The van der Waals surface area contributed by atoms with Crippen LogP contribution in [0, 0.1) is 0 Å². The highest BCUT2D eigenvalue weighted by atomic mass is 32.2. The molecule has 1 saturated heterocycles. The molecule has 1 unspecified atom stereocenters. The van der Waals surface area contributed by atoms with Crippen LogP contribution in [-0.2, 0) is 14.8 Å². The van der Waals surface area contributed by atoms with Crippen LogP contribution in [0.2, 0.25) is 0 Å². The standard InChI is InChI=1S/C12H21NO4S/c14-12(15)9-10-5-4-8-13(10)18(16,17)11-6-2-1-3-7-11/h10-11H,1-9H2,(H,14,15). The van der Waals surface area contributed by atoms with Gasteiger partial charge in [-0.25, -0.2) is 8.42 Å². The maximum absolute atomic E-state index is 12.5. The lowest BCUT2D eigenvalue weighted by molar-refractivity contribution is -0.137. The van der Waals surface area contributed by atoms with Gasteiger partial charge in [0.1, 0.15) is 0 Å². The predicted octanol–water partition coefficient (Wildman–Crippen LogP) is 1.59. The number of carbonyl (C=O) groups is 1. The molecule has 0 aromatic rings. The van der Waals surface area contributed by atoms with Gasteiger partial charge in [0, 0.05) is 12.6 Å². The Morgan fingerprint density at radius 2 is 1.78 bits per heavy atom. The molecule has 104 valence electrons. The summed E-state index contributed by atoms with van der Waals surface area (Å²) < 4.78 is 26.5. The predicted molar refractivity (Wildman–Crippen MR) is 67.8 cm³/mol. The van der Waals surface area contributed by atoms with E-state index in [1.807, 2.05) is 0 Å². The third kappa shape index (κ3) is 2.85. The molecule has 5 nitrogen and oxygen atoms in total. The maximum atomic E-state index is 12.5. The molecule has 2 fully saturated rings. The summed E-state index contributed by atoms with van der Waals surface area (Å²) in [6, 6.07) is -0.325. The second-order valence-corrected chi connectivity index (χ2v) is 7.48. The molecule has 1 atom stereocenters. The summed E-state index contributed by atoms with van der Waals surface area (Å²) >= 11 is 0. The van der Waals surface area contributed by atoms with Crippen molar-refractivity contribution in [2.24, 2.45) is 0 Å². The smallest absolute Gasteiger partial charge is 0.304 e. The highest BCUT2D eigenvalue weighted by Crippen LogP contribution is 2.31. The average Bonchev–Trinajstić information content (AvgIpc) is 2.78. The summed E-state index contributed by atoms with van der Waals surface area (Å²) in [5, 5.41) is 8.57. The number of carboxylic acid groups (broad SMARTS) is 1. The molecule has 1 heterocycles. The number of hydrogen-bond acceptors (Lipinski definition) is 3. The van der Waals surface area contributed by atoms with E-state index in [0.29, 0.717) is 13.0 Å². The number of sulfonamides is 1. The molecule has 0 bridgehead atoms. The molecule has 1 saturated carbocycles. The van der Waals surface area contributed by atoms with Crippen molar-refractivity contribution in [3.63, 3.8) is 0 Å². The van der Waals surface area contributed by atoms with Crippen molar-refractivity contribution in [1.29, 1.82) is 0 Å².